The molecular weight excluding hydrogens is 200 g/mol. The van der Waals surface area contributed by atoms with Gasteiger partial charge in [0.1, 0.15) is 0 Å². The van der Waals surface area contributed by atoms with Crippen LogP contribution in [0.25, 0.3) is 0 Å². The number of rotatable bonds is 3. The Morgan fingerprint density at radius 2 is 2.00 bits per heavy atom. The Bertz CT molecular complexity index is 253. The minimum Gasteiger partial charge on any atom is -0.342 e. The van der Waals surface area contributed by atoms with E-state index in [2.05, 4.69) is 17.1 Å². The lowest BCUT2D eigenvalue weighted by atomic mass is 9.67. The molecule has 1 aliphatic heterocycles. The summed E-state index contributed by atoms with van der Waals surface area (Å²) in [5, 5.41) is 3.19. The van der Waals surface area contributed by atoms with Crippen LogP contribution in [0.2, 0.25) is 0 Å². The van der Waals surface area contributed by atoms with E-state index in [1.54, 1.807) is 0 Å². The molecule has 0 aromatic rings. The molecular formula is C13H24N2O. The molecule has 2 aliphatic rings. The topological polar surface area (TPSA) is 32.3 Å². The number of carbonyl (C=O) groups excluding carboxylic acids is 1. The van der Waals surface area contributed by atoms with Crippen LogP contribution in [0.1, 0.15) is 39.0 Å². The predicted molar refractivity (Wildman–Crippen MR) is 65.2 cm³/mol. The van der Waals surface area contributed by atoms with E-state index in [9.17, 15) is 4.79 Å². The van der Waals surface area contributed by atoms with Crippen molar-refractivity contribution in [3.05, 3.63) is 0 Å². The van der Waals surface area contributed by atoms with Crippen LogP contribution in [-0.2, 0) is 4.79 Å². The third-order valence-electron chi connectivity index (χ3n) is 4.35. The fourth-order valence-corrected chi connectivity index (χ4v) is 2.96. The van der Waals surface area contributed by atoms with Gasteiger partial charge in [0, 0.05) is 19.6 Å². The van der Waals surface area contributed by atoms with Gasteiger partial charge in [0.2, 0.25) is 5.91 Å². The third-order valence-corrected chi connectivity index (χ3v) is 4.35. The van der Waals surface area contributed by atoms with Crippen molar-refractivity contribution in [3.63, 3.8) is 0 Å². The molecule has 2 fully saturated rings. The quantitative estimate of drug-likeness (QED) is 0.790. The second kappa shape index (κ2) is 4.74. The SMILES string of the molecule is CNCC1(C(=O)N2CCC(C)CC2)CCC1. The lowest BCUT2D eigenvalue weighted by Gasteiger charge is -2.45. The van der Waals surface area contributed by atoms with Gasteiger partial charge in [-0.3, -0.25) is 4.79 Å². The molecule has 0 radical (unpaired) electrons. The highest BCUT2D eigenvalue weighted by atomic mass is 16.2. The first-order valence-electron chi connectivity index (χ1n) is 6.62. The molecule has 2 rings (SSSR count). The van der Waals surface area contributed by atoms with Crippen molar-refractivity contribution < 1.29 is 4.79 Å². The van der Waals surface area contributed by atoms with Crippen molar-refractivity contribution in [1.29, 1.82) is 0 Å². The molecule has 0 spiro atoms. The molecule has 16 heavy (non-hydrogen) atoms. The minimum atomic E-state index is -0.0463. The summed E-state index contributed by atoms with van der Waals surface area (Å²) >= 11 is 0. The van der Waals surface area contributed by atoms with E-state index in [0.29, 0.717) is 5.91 Å². The highest BCUT2D eigenvalue weighted by Gasteiger charge is 2.45. The van der Waals surface area contributed by atoms with Gasteiger partial charge in [0.25, 0.3) is 0 Å². The summed E-state index contributed by atoms with van der Waals surface area (Å²) in [5.74, 6) is 1.21. The maximum absolute atomic E-state index is 12.5. The fraction of sp³-hybridized carbons (Fsp3) is 0.923. The molecule has 1 saturated carbocycles. The highest BCUT2D eigenvalue weighted by Crippen LogP contribution is 2.42. The van der Waals surface area contributed by atoms with Gasteiger partial charge in [0.05, 0.1) is 5.41 Å². The zero-order valence-electron chi connectivity index (χ0n) is 10.6. The zero-order chi connectivity index (χ0) is 11.6. The Hall–Kier alpha value is -0.570. The summed E-state index contributed by atoms with van der Waals surface area (Å²) in [6.07, 6.45) is 5.75. The van der Waals surface area contributed by atoms with Gasteiger partial charge < -0.3 is 10.2 Å². The van der Waals surface area contributed by atoms with E-state index in [-0.39, 0.29) is 5.41 Å². The van der Waals surface area contributed by atoms with Gasteiger partial charge >= 0.3 is 0 Å². The molecule has 1 amide bonds. The number of carbonyl (C=O) groups is 1. The first-order chi connectivity index (χ1) is 7.68. The van der Waals surface area contributed by atoms with Crippen molar-refractivity contribution in [1.82, 2.24) is 10.2 Å². The average Bonchev–Trinajstić information content (AvgIpc) is 2.23. The smallest absolute Gasteiger partial charge is 0.230 e. The predicted octanol–water partition coefficient (Wildman–Crippen LogP) is 1.63. The Morgan fingerprint density at radius 3 is 2.44 bits per heavy atom. The van der Waals surface area contributed by atoms with Crippen molar-refractivity contribution >= 4 is 5.91 Å². The third kappa shape index (κ3) is 2.10. The lowest BCUT2D eigenvalue weighted by molar-refractivity contribution is -0.148. The Labute approximate surface area is 98.6 Å². The summed E-state index contributed by atoms with van der Waals surface area (Å²) in [7, 11) is 1.95. The van der Waals surface area contributed by atoms with Gasteiger partial charge in [-0.15, -0.1) is 0 Å². The number of likely N-dealkylation sites (tertiary alicyclic amines) is 1. The van der Waals surface area contributed by atoms with Crippen molar-refractivity contribution in [2.24, 2.45) is 11.3 Å². The standard InChI is InChI=1S/C13H24N2O/c1-11-4-8-15(9-5-11)12(16)13(10-14-2)6-3-7-13/h11,14H,3-10H2,1-2H3. The largest absolute Gasteiger partial charge is 0.342 e. The number of amides is 1. The molecule has 1 aliphatic carbocycles. The van der Waals surface area contributed by atoms with E-state index in [1.165, 1.54) is 19.3 Å². The van der Waals surface area contributed by atoms with Gasteiger partial charge in [-0.1, -0.05) is 13.3 Å². The van der Waals surface area contributed by atoms with Crippen LogP contribution in [0.15, 0.2) is 0 Å². The molecule has 0 aromatic carbocycles. The molecule has 3 nitrogen and oxygen atoms in total. The first-order valence-corrected chi connectivity index (χ1v) is 6.62. The minimum absolute atomic E-state index is 0.0463. The number of hydrogen-bond acceptors (Lipinski definition) is 2. The second-order valence-corrected chi connectivity index (χ2v) is 5.64. The van der Waals surface area contributed by atoms with Crippen molar-refractivity contribution in [2.45, 2.75) is 39.0 Å². The molecule has 0 aromatic heterocycles. The van der Waals surface area contributed by atoms with Crippen LogP contribution in [0, 0.1) is 11.3 Å². The monoisotopic (exact) mass is 224 g/mol. The van der Waals surface area contributed by atoms with Crippen LogP contribution >= 0.6 is 0 Å². The maximum Gasteiger partial charge on any atom is 0.230 e. The summed E-state index contributed by atoms with van der Waals surface area (Å²) in [5.41, 5.74) is -0.0463. The molecule has 0 unspecified atom stereocenters. The normalized spacial score (nSPS) is 25.2. The number of nitrogens with zero attached hydrogens (tertiary/aromatic N) is 1. The average molecular weight is 224 g/mol. The van der Waals surface area contributed by atoms with Crippen LogP contribution in [0.3, 0.4) is 0 Å². The van der Waals surface area contributed by atoms with Gasteiger partial charge in [-0.2, -0.15) is 0 Å². The molecule has 0 bridgehead atoms. The number of nitrogens with one attached hydrogen (secondary N) is 1. The first kappa shape index (κ1) is 11.9. The molecule has 0 atom stereocenters. The van der Waals surface area contributed by atoms with Crippen LogP contribution in [0.5, 0.6) is 0 Å². The van der Waals surface area contributed by atoms with E-state index in [4.69, 9.17) is 0 Å². The zero-order valence-corrected chi connectivity index (χ0v) is 10.6. The molecule has 1 heterocycles. The van der Waals surface area contributed by atoms with Crippen molar-refractivity contribution in [3.8, 4) is 0 Å². The summed E-state index contributed by atoms with van der Waals surface area (Å²) < 4.78 is 0. The van der Waals surface area contributed by atoms with E-state index < -0.39 is 0 Å². The molecule has 1 N–H and O–H groups in total. The Morgan fingerprint density at radius 1 is 1.38 bits per heavy atom. The van der Waals surface area contributed by atoms with Crippen LogP contribution in [0.4, 0.5) is 0 Å². The summed E-state index contributed by atoms with van der Waals surface area (Å²) in [6.45, 7) is 5.10. The Balaban J connectivity index is 1.95. The second-order valence-electron chi connectivity index (χ2n) is 5.64. The van der Waals surface area contributed by atoms with Crippen LogP contribution < -0.4 is 5.32 Å². The lowest BCUT2D eigenvalue weighted by Crippen LogP contribution is -2.54. The highest BCUT2D eigenvalue weighted by molar-refractivity contribution is 5.84. The van der Waals surface area contributed by atoms with E-state index >= 15 is 0 Å². The van der Waals surface area contributed by atoms with Crippen LogP contribution in [-0.4, -0.2) is 37.5 Å². The molecule has 92 valence electrons. The van der Waals surface area contributed by atoms with E-state index in [1.807, 2.05) is 7.05 Å². The summed E-state index contributed by atoms with van der Waals surface area (Å²) in [4.78, 5) is 14.6. The Kier molecular flexibility index (Phi) is 3.53. The fourth-order valence-electron chi connectivity index (χ4n) is 2.96. The maximum atomic E-state index is 12.5. The van der Waals surface area contributed by atoms with Gasteiger partial charge in [0.15, 0.2) is 0 Å². The molecule has 3 heteroatoms. The van der Waals surface area contributed by atoms with Crippen molar-refractivity contribution in [2.75, 3.05) is 26.7 Å². The van der Waals surface area contributed by atoms with Gasteiger partial charge in [-0.25, -0.2) is 0 Å². The summed E-state index contributed by atoms with van der Waals surface area (Å²) in [6, 6.07) is 0. The number of hydrogen-bond donors (Lipinski definition) is 1. The number of piperidine rings is 1. The van der Waals surface area contributed by atoms with Gasteiger partial charge in [-0.05, 0) is 38.6 Å². The molecule has 1 saturated heterocycles. The van der Waals surface area contributed by atoms with E-state index in [0.717, 1.165) is 38.4 Å².